The number of likely N-dealkylation sites (tertiary alicyclic amines) is 1. The minimum atomic E-state index is -0.939. The molecule has 2 heterocycles. The van der Waals surface area contributed by atoms with Crippen LogP contribution in [0.15, 0.2) is 48.9 Å². The molecule has 1 aromatic carbocycles. The summed E-state index contributed by atoms with van der Waals surface area (Å²) in [6.45, 7) is 10.0. The molecule has 0 spiro atoms. The number of ketones is 4. The predicted molar refractivity (Wildman–Crippen MR) is 206 cm³/mol. The van der Waals surface area contributed by atoms with Crippen molar-refractivity contribution in [2.24, 2.45) is 35.0 Å². The van der Waals surface area contributed by atoms with Gasteiger partial charge in [0.15, 0.2) is 17.3 Å². The van der Waals surface area contributed by atoms with E-state index < -0.39 is 40.9 Å². The van der Waals surface area contributed by atoms with Crippen LogP contribution in [0.1, 0.15) is 140 Å². The van der Waals surface area contributed by atoms with Crippen molar-refractivity contribution < 1.29 is 28.8 Å². The average Bonchev–Trinajstić information content (AvgIpc) is 3.77. The smallest absolute Gasteiger partial charge is 0.246 e. The van der Waals surface area contributed by atoms with Crippen LogP contribution < -0.4 is 5.32 Å². The molecule has 3 fully saturated rings. The molecule has 5 rings (SSSR count). The lowest BCUT2D eigenvalue weighted by atomic mass is 9.76. The van der Waals surface area contributed by atoms with E-state index in [1.807, 2.05) is 65.0 Å². The van der Waals surface area contributed by atoms with Crippen LogP contribution in [0, 0.1) is 35.0 Å². The van der Waals surface area contributed by atoms with Gasteiger partial charge in [0, 0.05) is 50.0 Å². The molecule has 0 bridgehead atoms. The zero-order valence-electron chi connectivity index (χ0n) is 32.9. The fraction of sp³-hybridized carbons (Fsp3) is 0.636. The number of hydrogen-bond donors (Lipinski definition) is 1. The Morgan fingerprint density at radius 1 is 0.889 bits per heavy atom. The quantitative estimate of drug-likeness (QED) is 0.134. The number of Topliss-reactive ketones (excluding diaryl/α,β-unsaturated/α-hetero) is 4. The van der Waals surface area contributed by atoms with Crippen molar-refractivity contribution in [3.05, 3.63) is 60.2 Å². The molecule has 2 saturated carbocycles. The van der Waals surface area contributed by atoms with E-state index in [2.05, 4.69) is 15.3 Å². The molecule has 2 aliphatic carbocycles. The highest BCUT2D eigenvalue weighted by Crippen LogP contribution is 2.44. The summed E-state index contributed by atoms with van der Waals surface area (Å²) >= 11 is 0. The highest BCUT2D eigenvalue weighted by Gasteiger charge is 2.52. The van der Waals surface area contributed by atoms with Crippen molar-refractivity contribution in [3.63, 3.8) is 0 Å². The van der Waals surface area contributed by atoms with Crippen LogP contribution in [-0.4, -0.2) is 68.4 Å². The monoisotopic (exact) mass is 740 g/mol. The number of carbonyl (C=O) groups excluding carboxylic acids is 6. The van der Waals surface area contributed by atoms with E-state index >= 15 is 0 Å². The molecule has 1 N–H and O–H groups in total. The maximum atomic E-state index is 14.8. The van der Waals surface area contributed by atoms with Gasteiger partial charge in [-0.3, -0.25) is 33.8 Å². The van der Waals surface area contributed by atoms with E-state index in [1.165, 1.54) is 18.6 Å². The minimum absolute atomic E-state index is 0.00184. The maximum absolute atomic E-state index is 14.8. The Labute approximate surface area is 321 Å². The molecule has 7 atom stereocenters. The Morgan fingerprint density at radius 2 is 1.61 bits per heavy atom. The number of nitrogens with zero attached hydrogens (tertiary/aromatic N) is 3. The van der Waals surface area contributed by atoms with Crippen molar-refractivity contribution in [2.45, 2.75) is 136 Å². The molecule has 2 amide bonds. The molecule has 3 aliphatic rings. The Morgan fingerprint density at radius 3 is 2.26 bits per heavy atom. The Hall–Kier alpha value is -4.08. The van der Waals surface area contributed by atoms with Gasteiger partial charge in [0.25, 0.3) is 0 Å². The zero-order chi connectivity index (χ0) is 39.0. The standard InChI is InChI=1S/C44H60N4O6/c1-6-14-31(40(52)38(51)23-28(2)29-15-9-7-10-16-29)24-37(50)39-33-20-13-19-32(33)27-48(39)43(54)41(44(3,4)5)47-42(53)34(30-17-11-8-12-18-30)25-36(49)35-26-45-21-22-46-35/h7,9-10,15-16,21-22,26,28,30-34,39,41H,6,8,11-14,17-20,23-25,27H2,1-5H3,(H,47,53)/t28-,31?,32?,33?,34-,39+,41-/m1/s1. The lowest BCUT2D eigenvalue weighted by Gasteiger charge is -2.38. The molecule has 1 saturated heterocycles. The van der Waals surface area contributed by atoms with Gasteiger partial charge < -0.3 is 10.2 Å². The first-order valence-electron chi connectivity index (χ1n) is 20.3. The third-order valence-electron chi connectivity index (χ3n) is 12.3. The lowest BCUT2D eigenvalue weighted by Crippen LogP contribution is -2.58. The van der Waals surface area contributed by atoms with Gasteiger partial charge in [-0.15, -0.1) is 0 Å². The summed E-state index contributed by atoms with van der Waals surface area (Å²) in [5.41, 5.74) is 0.496. The van der Waals surface area contributed by atoms with Crippen LogP contribution in [-0.2, 0) is 24.0 Å². The van der Waals surface area contributed by atoms with Gasteiger partial charge >= 0.3 is 0 Å². The van der Waals surface area contributed by atoms with Crippen molar-refractivity contribution in [1.82, 2.24) is 20.2 Å². The highest BCUT2D eigenvalue weighted by molar-refractivity contribution is 6.38. The van der Waals surface area contributed by atoms with E-state index in [0.717, 1.165) is 56.9 Å². The Kier molecular flexibility index (Phi) is 14.1. The summed E-state index contributed by atoms with van der Waals surface area (Å²) in [6.07, 6.45) is 12.8. The van der Waals surface area contributed by atoms with E-state index in [1.54, 1.807) is 4.90 Å². The summed E-state index contributed by atoms with van der Waals surface area (Å²) in [4.78, 5) is 93.8. The molecular formula is C44H60N4O6. The normalized spacial score (nSPS) is 22.5. The van der Waals surface area contributed by atoms with Crippen LogP contribution in [0.5, 0.6) is 0 Å². The number of hydrogen-bond acceptors (Lipinski definition) is 8. The molecule has 54 heavy (non-hydrogen) atoms. The number of carbonyl (C=O) groups is 6. The molecular weight excluding hydrogens is 681 g/mol. The van der Waals surface area contributed by atoms with Crippen molar-refractivity contribution in [3.8, 4) is 0 Å². The summed E-state index contributed by atoms with van der Waals surface area (Å²) in [5, 5.41) is 3.11. The van der Waals surface area contributed by atoms with E-state index in [-0.39, 0.29) is 72.0 Å². The maximum Gasteiger partial charge on any atom is 0.246 e. The first-order valence-corrected chi connectivity index (χ1v) is 20.3. The number of benzene rings is 1. The molecule has 10 nitrogen and oxygen atoms in total. The van der Waals surface area contributed by atoms with Gasteiger partial charge in [-0.25, -0.2) is 4.98 Å². The van der Waals surface area contributed by atoms with Gasteiger partial charge in [0.2, 0.25) is 17.6 Å². The fourth-order valence-corrected chi connectivity index (χ4v) is 9.31. The average molecular weight is 741 g/mol. The second-order valence-electron chi connectivity index (χ2n) is 17.3. The Bertz CT molecular complexity index is 1630. The second kappa shape index (κ2) is 18.5. The number of nitrogens with one attached hydrogen (secondary N) is 1. The second-order valence-corrected chi connectivity index (χ2v) is 17.3. The number of fused-ring (bicyclic) bond motifs is 1. The largest absolute Gasteiger partial charge is 0.344 e. The van der Waals surface area contributed by atoms with E-state index in [0.29, 0.717) is 19.4 Å². The molecule has 292 valence electrons. The molecule has 3 unspecified atom stereocenters. The number of aromatic nitrogens is 2. The molecule has 1 aromatic heterocycles. The van der Waals surface area contributed by atoms with Crippen LogP contribution in [0.25, 0.3) is 0 Å². The van der Waals surface area contributed by atoms with Crippen LogP contribution in [0.4, 0.5) is 0 Å². The van der Waals surface area contributed by atoms with Crippen LogP contribution >= 0.6 is 0 Å². The first kappa shape index (κ1) is 41.1. The minimum Gasteiger partial charge on any atom is -0.344 e. The first-order chi connectivity index (χ1) is 25.8. The third kappa shape index (κ3) is 9.96. The number of amides is 2. The van der Waals surface area contributed by atoms with Gasteiger partial charge in [0.1, 0.15) is 11.7 Å². The highest BCUT2D eigenvalue weighted by atomic mass is 16.2. The third-order valence-corrected chi connectivity index (χ3v) is 12.3. The van der Waals surface area contributed by atoms with Gasteiger partial charge in [0.05, 0.1) is 12.2 Å². The van der Waals surface area contributed by atoms with E-state index in [9.17, 15) is 28.8 Å². The summed E-state index contributed by atoms with van der Waals surface area (Å²) in [6, 6.07) is 7.97. The molecule has 0 radical (unpaired) electrons. The van der Waals surface area contributed by atoms with Crippen molar-refractivity contribution in [2.75, 3.05) is 6.54 Å². The molecule has 10 heteroatoms. The SMILES string of the molecule is CCCC(CC(=O)[C@@H]1C2CCCC2CN1C(=O)[C@@H](NC(=O)[C@H](CC(=O)c1cnccn1)C1CCCCC1)C(C)(C)C)C(=O)C(=O)C[C@@H](C)c1ccccc1. The Balaban J connectivity index is 1.34. The predicted octanol–water partition coefficient (Wildman–Crippen LogP) is 7.11. The van der Waals surface area contributed by atoms with Crippen LogP contribution in [0.3, 0.4) is 0 Å². The summed E-state index contributed by atoms with van der Waals surface area (Å²) < 4.78 is 0. The van der Waals surface area contributed by atoms with Gasteiger partial charge in [-0.05, 0) is 66.8 Å². The van der Waals surface area contributed by atoms with Crippen molar-refractivity contribution >= 4 is 34.9 Å². The zero-order valence-corrected chi connectivity index (χ0v) is 32.9. The van der Waals surface area contributed by atoms with E-state index in [4.69, 9.17) is 0 Å². The fourth-order valence-electron chi connectivity index (χ4n) is 9.31. The summed E-state index contributed by atoms with van der Waals surface area (Å²) in [7, 11) is 0. The lowest BCUT2D eigenvalue weighted by molar-refractivity contribution is -0.146. The topological polar surface area (TPSA) is 143 Å². The van der Waals surface area contributed by atoms with Gasteiger partial charge in [-0.2, -0.15) is 0 Å². The molecule has 2 aromatic rings. The van der Waals surface area contributed by atoms with Crippen LogP contribution in [0.2, 0.25) is 0 Å². The van der Waals surface area contributed by atoms with Crippen molar-refractivity contribution in [1.29, 1.82) is 0 Å². The summed E-state index contributed by atoms with van der Waals surface area (Å²) in [5.74, 6) is -3.39. The molecule has 1 aliphatic heterocycles. The number of rotatable bonds is 17. The van der Waals surface area contributed by atoms with Gasteiger partial charge in [-0.1, -0.05) is 97.1 Å².